The summed E-state index contributed by atoms with van der Waals surface area (Å²) < 4.78 is 5.41. The van der Waals surface area contributed by atoms with Gasteiger partial charge in [-0.05, 0) is 40.9 Å². The smallest absolute Gasteiger partial charge is 0.139 e. The fraction of sp³-hybridized carbons (Fsp3) is 0.231. The lowest BCUT2D eigenvalue weighted by atomic mass is 10.1. The average Bonchev–Trinajstić information content (AvgIpc) is 2.86. The van der Waals surface area contributed by atoms with E-state index in [-0.39, 0.29) is 4.83 Å². The Morgan fingerprint density at radius 1 is 1.33 bits per heavy atom. The van der Waals surface area contributed by atoms with Crippen LogP contribution >= 0.6 is 50.5 Å². The van der Waals surface area contributed by atoms with Gasteiger partial charge in [-0.2, -0.15) is 11.3 Å². The van der Waals surface area contributed by atoms with E-state index >= 15 is 0 Å². The molecule has 1 aromatic carbocycles. The molecule has 96 valence electrons. The Morgan fingerprint density at radius 3 is 2.72 bits per heavy atom. The Kier molecular flexibility index (Phi) is 4.96. The van der Waals surface area contributed by atoms with E-state index in [1.54, 1.807) is 17.4 Å². The molecule has 0 amide bonds. The van der Waals surface area contributed by atoms with Crippen molar-refractivity contribution in [1.29, 1.82) is 0 Å². The van der Waals surface area contributed by atoms with Crippen LogP contribution in [0.3, 0.4) is 0 Å². The van der Waals surface area contributed by atoms with E-state index in [1.165, 1.54) is 5.56 Å². The first-order valence-electron chi connectivity index (χ1n) is 5.41. The molecule has 0 saturated heterocycles. The molecule has 0 N–H and O–H groups in total. The minimum absolute atomic E-state index is 0.0458. The molecule has 1 aromatic heterocycles. The quantitative estimate of drug-likeness (QED) is 0.609. The molecule has 1 nitrogen and oxygen atoms in total. The van der Waals surface area contributed by atoms with Crippen LogP contribution in [0.5, 0.6) is 5.75 Å². The second kappa shape index (κ2) is 6.29. The van der Waals surface area contributed by atoms with Crippen molar-refractivity contribution in [3.05, 3.63) is 50.1 Å². The number of benzene rings is 1. The maximum Gasteiger partial charge on any atom is 0.139 e. The number of hydrogen-bond acceptors (Lipinski definition) is 2. The van der Waals surface area contributed by atoms with Crippen molar-refractivity contribution in [1.82, 2.24) is 0 Å². The summed E-state index contributed by atoms with van der Waals surface area (Å²) in [6, 6.07) is 5.68. The van der Waals surface area contributed by atoms with Gasteiger partial charge in [0.2, 0.25) is 0 Å². The van der Waals surface area contributed by atoms with E-state index in [4.69, 9.17) is 27.9 Å². The van der Waals surface area contributed by atoms with Crippen LogP contribution in [-0.2, 0) is 0 Å². The van der Waals surface area contributed by atoms with Gasteiger partial charge >= 0.3 is 0 Å². The summed E-state index contributed by atoms with van der Waals surface area (Å²) in [4.78, 5) is 0.0458. The lowest BCUT2D eigenvalue weighted by Gasteiger charge is -2.14. The highest BCUT2D eigenvalue weighted by molar-refractivity contribution is 9.09. The first-order valence-corrected chi connectivity index (χ1v) is 8.02. The second-order valence-corrected chi connectivity index (χ2v) is 6.17. The number of thiophene rings is 1. The van der Waals surface area contributed by atoms with Gasteiger partial charge in [-0.25, -0.2) is 0 Å². The molecule has 0 aliphatic rings. The Bertz CT molecular complexity index is 528. The van der Waals surface area contributed by atoms with Crippen LogP contribution in [0.4, 0.5) is 0 Å². The van der Waals surface area contributed by atoms with Gasteiger partial charge in [-0.15, -0.1) is 0 Å². The van der Waals surface area contributed by atoms with Crippen LogP contribution in [0.1, 0.15) is 22.9 Å². The van der Waals surface area contributed by atoms with Crippen LogP contribution in [-0.4, -0.2) is 6.61 Å². The average molecular weight is 366 g/mol. The summed E-state index contributed by atoms with van der Waals surface area (Å²) in [5, 5.41) is 5.35. The molecular weight excluding hydrogens is 355 g/mol. The summed E-state index contributed by atoms with van der Waals surface area (Å²) in [5.41, 5.74) is 2.12. The molecule has 2 rings (SSSR count). The van der Waals surface area contributed by atoms with Crippen LogP contribution in [0, 0.1) is 0 Å². The fourth-order valence-corrected chi connectivity index (χ4v) is 3.75. The number of halogens is 3. The first-order chi connectivity index (χ1) is 8.63. The zero-order valence-electron chi connectivity index (χ0n) is 9.62. The van der Waals surface area contributed by atoms with Gasteiger partial charge in [0.1, 0.15) is 5.75 Å². The minimum Gasteiger partial charge on any atom is -0.492 e. The van der Waals surface area contributed by atoms with E-state index < -0.39 is 0 Å². The molecular formula is C13H11BrCl2OS. The summed E-state index contributed by atoms with van der Waals surface area (Å²) >= 11 is 17.8. The Labute approximate surface area is 129 Å². The van der Waals surface area contributed by atoms with Crippen molar-refractivity contribution in [3.63, 3.8) is 0 Å². The number of rotatable bonds is 4. The highest BCUT2D eigenvalue weighted by atomic mass is 79.9. The molecule has 0 bridgehead atoms. The molecule has 1 atom stereocenters. The zero-order chi connectivity index (χ0) is 13.1. The molecule has 0 fully saturated rings. The molecule has 0 saturated carbocycles. The predicted octanol–water partition coefficient (Wildman–Crippen LogP) is 5.94. The lowest BCUT2D eigenvalue weighted by molar-refractivity contribution is 0.340. The Morgan fingerprint density at radius 2 is 2.11 bits per heavy atom. The van der Waals surface area contributed by atoms with Crippen molar-refractivity contribution in [2.75, 3.05) is 6.61 Å². The van der Waals surface area contributed by atoms with E-state index in [2.05, 4.69) is 27.4 Å². The summed E-state index contributed by atoms with van der Waals surface area (Å²) in [6.45, 7) is 2.48. The molecule has 0 aliphatic heterocycles. The maximum atomic E-state index is 6.28. The SMILES string of the molecule is CCOc1cc(Cl)c(C(Br)c2ccsc2)cc1Cl. The number of hydrogen-bond donors (Lipinski definition) is 0. The summed E-state index contributed by atoms with van der Waals surface area (Å²) in [5.74, 6) is 0.623. The Balaban J connectivity index is 2.37. The van der Waals surface area contributed by atoms with Gasteiger partial charge in [0.15, 0.2) is 0 Å². The second-order valence-electron chi connectivity index (χ2n) is 3.66. The van der Waals surface area contributed by atoms with Gasteiger partial charge < -0.3 is 4.74 Å². The molecule has 1 heterocycles. The van der Waals surface area contributed by atoms with Crippen molar-refractivity contribution in [2.45, 2.75) is 11.8 Å². The van der Waals surface area contributed by atoms with Crippen LogP contribution in [0.2, 0.25) is 10.0 Å². The van der Waals surface area contributed by atoms with Crippen LogP contribution in [0.25, 0.3) is 0 Å². The third kappa shape index (κ3) is 3.02. The monoisotopic (exact) mass is 364 g/mol. The highest BCUT2D eigenvalue weighted by Crippen LogP contribution is 2.40. The topological polar surface area (TPSA) is 9.23 Å². The molecule has 1 unspecified atom stereocenters. The first kappa shape index (κ1) is 14.2. The molecule has 0 radical (unpaired) electrons. The van der Waals surface area contributed by atoms with Gasteiger partial charge in [0.05, 0.1) is 16.5 Å². The molecule has 2 aromatic rings. The van der Waals surface area contributed by atoms with E-state index in [1.807, 2.05) is 18.4 Å². The fourth-order valence-electron chi connectivity index (χ4n) is 1.60. The third-order valence-corrected chi connectivity index (χ3v) is 4.81. The number of alkyl halides is 1. The maximum absolute atomic E-state index is 6.28. The van der Waals surface area contributed by atoms with Gasteiger partial charge in [0, 0.05) is 11.1 Å². The van der Waals surface area contributed by atoms with E-state index in [9.17, 15) is 0 Å². The van der Waals surface area contributed by atoms with Crippen LogP contribution in [0.15, 0.2) is 29.0 Å². The normalized spacial score (nSPS) is 12.4. The van der Waals surface area contributed by atoms with Gasteiger partial charge in [-0.3, -0.25) is 0 Å². The molecule has 0 spiro atoms. The lowest BCUT2D eigenvalue weighted by Crippen LogP contribution is -1.96. The van der Waals surface area contributed by atoms with Gasteiger partial charge in [-0.1, -0.05) is 39.1 Å². The van der Waals surface area contributed by atoms with E-state index in [0.29, 0.717) is 22.4 Å². The third-order valence-electron chi connectivity index (χ3n) is 2.46. The zero-order valence-corrected chi connectivity index (χ0v) is 13.5. The van der Waals surface area contributed by atoms with Crippen molar-refractivity contribution >= 4 is 50.5 Å². The molecule has 18 heavy (non-hydrogen) atoms. The predicted molar refractivity (Wildman–Crippen MR) is 82.7 cm³/mol. The molecule has 0 aliphatic carbocycles. The minimum atomic E-state index is 0.0458. The van der Waals surface area contributed by atoms with Gasteiger partial charge in [0.25, 0.3) is 0 Å². The van der Waals surface area contributed by atoms with Crippen LogP contribution < -0.4 is 4.74 Å². The summed E-state index contributed by atoms with van der Waals surface area (Å²) in [6.07, 6.45) is 0. The Hall–Kier alpha value is -0.220. The standard InChI is InChI=1S/C13H11BrCl2OS/c1-2-17-12-6-10(15)9(5-11(12)16)13(14)8-3-4-18-7-8/h3-7,13H,2H2,1H3. The van der Waals surface area contributed by atoms with Crippen molar-refractivity contribution in [3.8, 4) is 5.75 Å². The largest absolute Gasteiger partial charge is 0.492 e. The van der Waals surface area contributed by atoms with Crippen molar-refractivity contribution < 1.29 is 4.74 Å². The molecule has 5 heteroatoms. The highest BCUT2D eigenvalue weighted by Gasteiger charge is 2.17. The van der Waals surface area contributed by atoms with Crippen molar-refractivity contribution in [2.24, 2.45) is 0 Å². The summed E-state index contributed by atoms with van der Waals surface area (Å²) in [7, 11) is 0. The number of ether oxygens (including phenoxy) is 1. The van der Waals surface area contributed by atoms with E-state index in [0.717, 1.165) is 5.56 Å².